The molecule has 0 aliphatic rings. The van der Waals surface area contributed by atoms with Gasteiger partial charge in [-0.15, -0.1) is 0 Å². The minimum Gasteiger partial charge on any atom is -0.171 e. The maximum absolute atomic E-state index is 12.1. The van der Waals surface area contributed by atoms with E-state index in [9.17, 15) is 13.2 Å². The van der Waals surface area contributed by atoms with Gasteiger partial charge in [-0.2, -0.15) is 13.2 Å². The molecule has 1 rings (SSSR count). The van der Waals surface area contributed by atoms with Crippen molar-refractivity contribution in [2.45, 2.75) is 38.3 Å². The number of hydrogen-bond donors (Lipinski definition) is 0. The molecule has 0 saturated heterocycles. The highest BCUT2D eigenvalue weighted by atomic mass is 19.4. The number of alkyl halides is 3. The van der Waals surface area contributed by atoms with Crippen LogP contribution in [0.4, 0.5) is 13.2 Å². The fourth-order valence-corrected chi connectivity index (χ4v) is 1.67. The van der Waals surface area contributed by atoms with Crippen LogP contribution in [-0.2, 0) is 0 Å². The molecule has 0 aliphatic carbocycles. The predicted octanol–water partition coefficient (Wildman–Crippen LogP) is 4.52. The molecule has 0 heterocycles. The lowest BCUT2D eigenvalue weighted by Gasteiger charge is -2.16. The second-order valence-electron chi connectivity index (χ2n) is 3.67. The summed E-state index contributed by atoms with van der Waals surface area (Å²) >= 11 is 0. The monoisotopic (exact) mass is 216 g/mol. The zero-order valence-electron chi connectivity index (χ0n) is 8.72. The Morgan fingerprint density at radius 2 is 1.73 bits per heavy atom. The smallest absolute Gasteiger partial charge is 0.171 e. The van der Waals surface area contributed by atoms with E-state index in [0.29, 0.717) is 0 Å². The summed E-state index contributed by atoms with van der Waals surface area (Å²) in [6, 6.07) is 9.40. The maximum atomic E-state index is 12.1. The van der Waals surface area contributed by atoms with Gasteiger partial charge in [-0.05, 0) is 24.3 Å². The highest BCUT2D eigenvalue weighted by molar-refractivity contribution is 5.19. The number of benzene rings is 1. The van der Waals surface area contributed by atoms with Gasteiger partial charge in [-0.3, -0.25) is 0 Å². The Balaban J connectivity index is 2.58. The fourth-order valence-electron chi connectivity index (χ4n) is 1.67. The predicted molar refractivity (Wildman–Crippen MR) is 54.8 cm³/mol. The molecule has 3 heteroatoms. The molecule has 0 bridgehead atoms. The molecule has 84 valence electrons. The summed E-state index contributed by atoms with van der Waals surface area (Å²) in [4.78, 5) is 0. The van der Waals surface area contributed by atoms with Crippen molar-refractivity contribution in [2.24, 2.45) is 0 Å². The van der Waals surface area contributed by atoms with Crippen molar-refractivity contribution >= 4 is 0 Å². The van der Waals surface area contributed by atoms with E-state index in [2.05, 4.69) is 0 Å². The van der Waals surface area contributed by atoms with Crippen LogP contribution in [0.5, 0.6) is 0 Å². The first-order valence-corrected chi connectivity index (χ1v) is 5.14. The summed E-state index contributed by atoms with van der Waals surface area (Å²) in [7, 11) is 0. The molecule has 1 atom stereocenters. The Bertz CT molecular complexity index is 277. The molecule has 0 N–H and O–H groups in total. The number of hydrogen-bond acceptors (Lipinski definition) is 0. The molecule has 1 aromatic carbocycles. The van der Waals surface area contributed by atoms with Crippen LogP contribution >= 0.6 is 0 Å². The minimum absolute atomic E-state index is 0.0211. The summed E-state index contributed by atoms with van der Waals surface area (Å²) < 4.78 is 36.2. The number of rotatable bonds is 4. The molecular formula is C12H15F3. The van der Waals surface area contributed by atoms with E-state index < -0.39 is 12.6 Å². The molecule has 0 aliphatic heterocycles. The summed E-state index contributed by atoms with van der Waals surface area (Å²) in [6.07, 6.45) is -3.80. The summed E-state index contributed by atoms with van der Waals surface area (Å²) in [5.41, 5.74) is 1.00. The quantitative estimate of drug-likeness (QED) is 0.694. The Hall–Kier alpha value is -0.990. The van der Waals surface area contributed by atoms with Crippen LogP contribution in [0.1, 0.15) is 37.7 Å². The van der Waals surface area contributed by atoms with Crippen LogP contribution in [0.3, 0.4) is 0 Å². The van der Waals surface area contributed by atoms with Gasteiger partial charge in [0.1, 0.15) is 0 Å². The highest BCUT2D eigenvalue weighted by Gasteiger charge is 2.28. The van der Waals surface area contributed by atoms with E-state index in [-0.39, 0.29) is 12.3 Å². The molecular weight excluding hydrogens is 201 g/mol. The molecule has 0 saturated carbocycles. The third kappa shape index (κ3) is 4.36. The average Bonchev–Trinajstić information content (AvgIpc) is 2.19. The van der Waals surface area contributed by atoms with Crippen molar-refractivity contribution in [3.05, 3.63) is 35.9 Å². The lowest BCUT2D eigenvalue weighted by Crippen LogP contribution is -2.09. The SMILES string of the molecule is CCC(CCC(F)(F)F)c1ccccc1. The highest BCUT2D eigenvalue weighted by Crippen LogP contribution is 2.30. The Kier molecular flexibility index (Phi) is 4.18. The zero-order valence-corrected chi connectivity index (χ0v) is 8.72. The zero-order chi connectivity index (χ0) is 11.3. The fraction of sp³-hybridized carbons (Fsp3) is 0.500. The molecule has 0 spiro atoms. The normalized spacial score (nSPS) is 13.9. The van der Waals surface area contributed by atoms with Crippen LogP contribution in [-0.4, -0.2) is 6.18 Å². The van der Waals surface area contributed by atoms with Gasteiger partial charge in [0, 0.05) is 6.42 Å². The van der Waals surface area contributed by atoms with E-state index in [0.717, 1.165) is 12.0 Å². The molecule has 0 radical (unpaired) electrons. The van der Waals surface area contributed by atoms with Gasteiger partial charge >= 0.3 is 6.18 Å². The maximum Gasteiger partial charge on any atom is 0.389 e. The topological polar surface area (TPSA) is 0 Å². The van der Waals surface area contributed by atoms with Crippen LogP contribution in [0.25, 0.3) is 0 Å². The Morgan fingerprint density at radius 3 is 2.20 bits per heavy atom. The molecule has 0 fully saturated rings. The van der Waals surface area contributed by atoms with E-state index in [1.54, 1.807) is 0 Å². The van der Waals surface area contributed by atoms with Gasteiger partial charge in [0.25, 0.3) is 0 Å². The summed E-state index contributed by atoms with van der Waals surface area (Å²) in [6.45, 7) is 1.92. The van der Waals surface area contributed by atoms with Gasteiger partial charge in [0.15, 0.2) is 0 Å². The van der Waals surface area contributed by atoms with Crippen molar-refractivity contribution in [1.82, 2.24) is 0 Å². The Labute approximate surface area is 88.1 Å². The van der Waals surface area contributed by atoms with E-state index in [4.69, 9.17) is 0 Å². The third-order valence-corrected chi connectivity index (χ3v) is 2.54. The van der Waals surface area contributed by atoms with Crippen molar-refractivity contribution < 1.29 is 13.2 Å². The molecule has 0 amide bonds. The van der Waals surface area contributed by atoms with E-state index in [1.807, 2.05) is 37.3 Å². The average molecular weight is 216 g/mol. The van der Waals surface area contributed by atoms with Crippen molar-refractivity contribution in [3.63, 3.8) is 0 Å². The largest absolute Gasteiger partial charge is 0.389 e. The van der Waals surface area contributed by atoms with Crippen molar-refractivity contribution in [2.75, 3.05) is 0 Å². The third-order valence-electron chi connectivity index (χ3n) is 2.54. The van der Waals surface area contributed by atoms with Crippen LogP contribution in [0.2, 0.25) is 0 Å². The van der Waals surface area contributed by atoms with Crippen LogP contribution in [0, 0.1) is 0 Å². The van der Waals surface area contributed by atoms with Gasteiger partial charge in [-0.1, -0.05) is 37.3 Å². The molecule has 1 unspecified atom stereocenters. The standard InChI is InChI=1S/C12H15F3/c1-2-10(8-9-12(13,14)15)11-6-4-3-5-7-11/h3-7,10H,2,8-9H2,1H3. The second kappa shape index (κ2) is 5.19. The van der Waals surface area contributed by atoms with E-state index >= 15 is 0 Å². The van der Waals surface area contributed by atoms with Gasteiger partial charge in [0.2, 0.25) is 0 Å². The molecule has 0 aromatic heterocycles. The Morgan fingerprint density at radius 1 is 1.13 bits per heavy atom. The first kappa shape index (κ1) is 12.1. The summed E-state index contributed by atoms with van der Waals surface area (Å²) in [5, 5.41) is 0. The van der Waals surface area contributed by atoms with Gasteiger partial charge < -0.3 is 0 Å². The van der Waals surface area contributed by atoms with Crippen molar-refractivity contribution in [3.8, 4) is 0 Å². The first-order chi connectivity index (χ1) is 7.03. The van der Waals surface area contributed by atoms with E-state index in [1.165, 1.54) is 0 Å². The minimum atomic E-state index is -4.04. The lowest BCUT2D eigenvalue weighted by atomic mass is 9.92. The summed E-state index contributed by atoms with van der Waals surface area (Å²) in [5.74, 6) is 0.0211. The number of halogens is 3. The molecule has 0 nitrogen and oxygen atoms in total. The van der Waals surface area contributed by atoms with Crippen LogP contribution in [0.15, 0.2) is 30.3 Å². The lowest BCUT2D eigenvalue weighted by molar-refractivity contribution is -0.136. The van der Waals surface area contributed by atoms with Gasteiger partial charge in [0.05, 0.1) is 0 Å². The molecule has 15 heavy (non-hydrogen) atoms. The molecule has 1 aromatic rings. The van der Waals surface area contributed by atoms with Gasteiger partial charge in [-0.25, -0.2) is 0 Å². The van der Waals surface area contributed by atoms with Crippen molar-refractivity contribution in [1.29, 1.82) is 0 Å². The first-order valence-electron chi connectivity index (χ1n) is 5.14. The second-order valence-corrected chi connectivity index (χ2v) is 3.67. The van der Waals surface area contributed by atoms with Crippen LogP contribution < -0.4 is 0 Å².